The summed E-state index contributed by atoms with van der Waals surface area (Å²) in [6, 6.07) is 21.3. The van der Waals surface area contributed by atoms with Crippen molar-refractivity contribution in [2.24, 2.45) is 0 Å². The van der Waals surface area contributed by atoms with Gasteiger partial charge in [0.1, 0.15) is 5.03 Å². The minimum atomic E-state index is -0.207. The summed E-state index contributed by atoms with van der Waals surface area (Å²) >= 11 is 8.07. The van der Waals surface area contributed by atoms with Crippen LogP contribution in [-0.4, -0.2) is 30.6 Å². The molecule has 1 N–H and O–H groups in total. The number of ether oxygens (including phenoxy) is 1. The first kappa shape index (κ1) is 20.9. The predicted octanol–water partition coefficient (Wildman–Crippen LogP) is 5.36. The monoisotopic (exact) mass is 438 g/mol. The molecular formula is C24H23ClN2O2S. The lowest BCUT2D eigenvalue weighted by Gasteiger charge is -2.38. The molecule has 0 aliphatic carbocycles. The lowest BCUT2D eigenvalue weighted by molar-refractivity contribution is 0.0487. The SMILES string of the molecule is O=C(NCC1(c2ccccc2Cl)CCOCC1)c1ccc(Sc2ccccn2)cc1. The molecule has 1 aliphatic heterocycles. The van der Waals surface area contributed by atoms with Crippen LogP contribution in [0.15, 0.2) is 82.8 Å². The standard InChI is InChI=1S/C24H23ClN2O2S/c25-21-6-2-1-5-20(21)24(12-15-29-16-13-24)17-27-23(28)18-8-10-19(11-9-18)30-22-7-3-4-14-26-22/h1-11,14H,12-13,15-17H2,(H,27,28). The lowest BCUT2D eigenvalue weighted by atomic mass is 9.74. The van der Waals surface area contributed by atoms with Crippen LogP contribution in [0.4, 0.5) is 0 Å². The number of hydrogen-bond acceptors (Lipinski definition) is 4. The first-order valence-electron chi connectivity index (χ1n) is 9.96. The molecule has 4 nitrogen and oxygen atoms in total. The third kappa shape index (κ3) is 4.86. The molecule has 3 aromatic rings. The van der Waals surface area contributed by atoms with E-state index in [4.69, 9.17) is 16.3 Å². The van der Waals surface area contributed by atoms with Crippen LogP contribution in [0.1, 0.15) is 28.8 Å². The maximum atomic E-state index is 12.8. The normalized spacial score (nSPS) is 15.5. The van der Waals surface area contributed by atoms with Crippen molar-refractivity contribution < 1.29 is 9.53 Å². The average molecular weight is 439 g/mol. The Balaban J connectivity index is 1.44. The summed E-state index contributed by atoms with van der Waals surface area (Å²) in [7, 11) is 0. The third-order valence-electron chi connectivity index (χ3n) is 5.46. The Hall–Kier alpha value is -2.34. The molecule has 0 atom stereocenters. The van der Waals surface area contributed by atoms with Gasteiger partial charge in [-0.1, -0.05) is 47.6 Å². The van der Waals surface area contributed by atoms with Crippen molar-refractivity contribution in [1.82, 2.24) is 10.3 Å². The Kier molecular flexibility index (Phi) is 6.72. The van der Waals surface area contributed by atoms with Gasteiger partial charge in [-0.3, -0.25) is 4.79 Å². The fraction of sp³-hybridized carbons (Fsp3) is 0.250. The highest BCUT2D eigenvalue weighted by Gasteiger charge is 2.36. The molecule has 1 amide bonds. The zero-order valence-corrected chi connectivity index (χ0v) is 18.1. The molecule has 6 heteroatoms. The van der Waals surface area contributed by atoms with Crippen molar-refractivity contribution in [2.45, 2.75) is 28.2 Å². The van der Waals surface area contributed by atoms with Gasteiger partial charge < -0.3 is 10.1 Å². The van der Waals surface area contributed by atoms with Crippen LogP contribution in [0.25, 0.3) is 0 Å². The second-order valence-electron chi connectivity index (χ2n) is 7.35. The number of benzene rings is 2. The summed E-state index contributed by atoms with van der Waals surface area (Å²) in [4.78, 5) is 18.2. The van der Waals surface area contributed by atoms with Gasteiger partial charge in [0, 0.05) is 46.9 Å². The molecule has 30 heavy (non-hydrogen) atoms. The topological polar surface area (TPSA) is 51.2 Å². The highest BCUT2D eigenvalue weighted by molar-refractivity contribution is 7.99. The Morgan fingerprint density at radius 3 is 2.47 bits per heavy atom. The number of pyridine rings is 1. The Morgan fingerprint density at radius 2 is 1.77 bits per heavy atom. The number of hydrogen-bond donors (Lipinski definition) is 1. The minimum Gasteiger partial charge on any atom is -0.381 e. The van der Waals surface area contributed by atoms with Gasteiger partial charge in [-0.05, 0) is 60.9 Å². The molecule has 1 fully saturated rings. The molecule has 1 aliphatic rings. The van der Waals surface area contributed by atoms with Crippen LogP contribution < -0.4 is 5.32 Å². The van der Waals surface area contributed by atoms with E-state index >= 15 is 0 Å². The summed E-state index contributed by atoms with van der Waals surface area (Å²) in [5.74, 6) is -0.0812. The lowest BCUT2D eigenvalue weighted by Crippen LogP contribution is -2.44. The van der Waals surface area contributed by atoms with Crippen molar-refractivity contribution in [3.63, 3.8) is 0 Å². The van der Waals surface area contributed by atoms with Crippen LogP contribution in [0.3, 0.4) is 0 Å². The fourth-order valence-electron chi connectivity index (χ4n) is 3.75. The summed E-state index contributed by atoms with van der Waals surface area (Å²) in [6.45, 7) is 1.87. The molecule has 0 saturated carbocycles. The molecule has 0 radical (unpaired) electrons. The molecule has 0 spiro atoms. The van der Waals surface area contributed by atoms with E-state index in [1.165, 1.54) is 0 Å². The van der Waals surface area contributed by atoms with Gasteiger partial charge in [0.25, 0.3) is 5.91 Å². The van der Waals surface area contributed by atoms with Gasteiger partial charge in [0.15, 0.2) is 0 Å². The number of aromatic nitrogens is 1. The van der Waals surface area contributed by atoms with Gasteiger partial charge in [0.05, 0.1) is 0 Å². The smallest absolute Gasteiger partial charge is 0.251 e. The number of carbonyl (C=O) groups excluding carboxylic acids is 1. The Labute approximate surface area is 186 Å². The highest BCUT2D eigenvalue weighted by atomic mass is 35.5. The van der Waals surface area contributed by atoms with E-state index in [1.54, 1.807) is 18.0 Å². The number of nitrogens with one attached hydrogen (secondary N) is 1. The van der Waals surface area contributed by atoms with Crippen molar-refractivity contribution in [3.8, 4) is 0 Å². The average Bonchev–Trinajstić information content (AvgIpc) is 2.80. The first-order valence-corrected chi connectivity index (χ1v) is 11.2. The van der Waals surface area contributed by atoms with Gasteiger partial charge in [0.2, 0.25) is 0 Å². The van der Waals surface area contributed by atoms with E-state index in [0.29, 0.717) is 25.3 Å². The van der Waals surface area contributed by atoms with Gasteiger partial charge in [-0.2, -0.15) is 0 Å². The molecular weight excluding hydrogens is 416 g/mol. The summed E-state index contributed by atoms with van der Waals surface area (Å²) in [5, 5.41) is 4.80. The number of halogens is 1. The summed E-state index contributed by atoms with van der Waals surface area (Å²) in [5.41, 5.74) is 1.51. The van der Waals surface area contributed by atoms with Crippen LogP contribution in [-0.2, 0) is 10.2 Å². The maximum Gasteiger partial charge on any atom is 0.251 e. The van der Waals surface area contributed by atoms with Crippen LogP contribution >= 0.6 is 23.4 Å². The van der Waals surface area contributed by atoms with Crippen LogP contribution in [0, 0.1) is 0 Å². The molecule has 1 aromatic heterocycles. The highest BCUT2D eigenvalue weighted by Crippen LogP contribution is 2.38. The van der Waals surface area contributed by atoms with Crippen molar-refractivity contribution in [2.75, 3.05) is 19.8 Å². The Bertz CT molecular complexity index is 990. The molecule has 1 saturated heterocycles. The molecule has 4 rings (SSSR count). The van der Waals surface area contributed by atoms with Crippen LogP contribution in [0.2, 0.25) is 5.02 Å². The molecule has 0 unspecified atom stereocenters. The molecule has 2 aromatic carbocycles. The number of nitrogens with zero attached hydrogens (tertiary/aromatic N) is 1. The van der Waals surface area contributed by atoms with Crippen molar-refractivity contribution in [3.05, 3.63) is 89.1 Å². The van der Waals surface area contributed by atoms with E-state index in [-0.39, 0.29) is 11.3 Å². The largest absolute Gasteiger partial charge is 0.381 e. The maximum absolute atomic E-state index is 12.8. The van der Waals surface area contributed by atoms with Crippen molar-refractivity contribution in [1.29, 1.82) is 0 Å². The quantitative estimate of drug-likeness (QED) is 0.562. The van der Waals surface area contributed by atoms with Crippen LogP contribution in [0.5, 0.6) is 0 Å². The second-order valence-corrected chi connectivity index (χ2v) is 8.85. The molecule has 154 valence electrons. The third-order valence-corrected chi connectivity index (χ3v) is 6.75. The van der Waals surface area contributed by atoms with E-state index in [2.05, 4.69) is 16.4 Å². The first-order chi connectivity index (χ1) is 14.7. The predicted molar refractivity (Wildman–Crippen MR) is 120 cm³/mol. The van der Waals surface area contributed by atoms with Crippen molar-refractivity contribution >= 4 is 29.3 Å². The van der Waals surface area contributed by atoms with E-state index in [1.807, 2.05) is 60.7 Å². The number of rotatable bonds is 6. The molecule has 0 bridgehead atoms. The fourth-order valence-corrected chi connectivity index (χ4v) is 4.86. The zero-order valence-electron chi connectivity index (χ0n) is 16.5. The van der Waals surface area contributed by atoms with Gasteiger partial charge >= 0.3 is 0 Å². The second kappa shape index (κ2) is 9.65. The number of carbonyl (C=O) groups is 1. The van der Waals surface area contributed by atoms with E-state index in [9.17, 15) is 4.79 Å². The summed E-state index contributed by atoms with van der Waals surface area (Å²) < 4.78 is 5.58. The zero-order chi connectivity index (χ0) is 20.8. The summed E-state index contributed by atoms with van der Waals surface area (Å²) in [6.07, 6.45) is 3.43. The molecule has 2 heterocycles. The van der Waals surface area contributed by atoms with E-state index in [0.717, 1.165) is 33.3 Å². The number of amides is 1. The van der Waals surface area contributed by atoms with E-state index < -0.39 is 0 Å². The Morgan fingerprint density at radius 1 is 1.03 bits per heavy atom. The van der Waals surface area contributed by atoms with Gasteiger partial charge in [-0.15, -0.1) is 0 Å². The minimum absolute atomic E-state index is 0.0812. The van der Waals surface area contributed by atoms with Gasteiger partial charge in [-0.25, -0.2) is 4.98 Å².